The molecule has 1 atom stereocenters. The minimum atomic E-state index is -0.273. The van der Waals surface area contributed by atoms with Crippen molar-refractivity contribution in [2.24, 2.45) is 0 Å². The van der Waals surface area contributed by atoms with Crippen molar-refractivity contribution in [1.82, 2.24) is 33.9 Å². The molecule has 0 N–H and O–H groups in total. The lowest BCUT2D eigenvalue weighted by atomic mass is 10.1. The van der Waals surface area contributed by atoms with Crippen LogP contribution in [0, 0.1) is 0 Å². The van der Waals surface area contributed by atoms with Gasteiger partial charge in [-0.1, -0.05) is 25.6 Å². The first-order valence-corrected chi connectivity index (χ1v) is 13.5. The largest absolute Gasteiger partial charge is 0.366 e. The maximum atomic E-state index is 12.7. The van der Waals surface area contributed by atoms with Crippen molar-refractivity contribution in [2.75, 3.05) is 39.4 Å². The van der Waals surface area contributed by atoms with E-state index in [2.05, 4.69) is 81.0 Å². The third kappa shape index (κ3) is 4.55. The standard InChI is InChI=1S/C30H34FN7/c1-21(2)30-34-28(20-38(30)25-17-24(18-25)36-14-12-35(11-8-31)13-15-36)23-16-29-27(33-19-23)7-10-37(29)22(3)26-6-4-5-9-32-26/h4-7,9-10,16,19-22H,8,11-15,17H2,1-3H3. The number of fused-ring (bicyclic) bond motifs is 1. The van der Waals surface area contributed by atoms with Gasteiger partial charge in [0.1, 0.15) is 12.5 Å². The predicted octanol–water partition coefficient (Wildman–Crippen LogP) is 5.34. The van der Waals surface area contributed by atoms with Gasteiger partial charge >= 0.3 is 0 Å². The second-order valence-electron chi connectivity index (χ2n) is 10.5. The van der Waals surface area contributed by atoms with E-state index in [1.165, 1.54) is 5.70 Å². The molecule has 1 aliphatic heterocycles. The monoisotopic (exact) mass is 511 g/mol. The molecule has 4 aromatic rings. The van der Waals surface area contributed by atoms with Crippen LogP contribution in [0.2, 0.25) is 0 Å². The zero-order valence-corrected chi connectivity index (χ0v) is 22.3. The van der Waals surface area contributed by atoms with E-state index in [1.807, 2.05) is 24.5 Å². The molecule has 8 heteroatoms. The molecule has 0 bridgehead atoms. The summed E-state index contributed by atoms with van der Waals surface area (Å²) in [6.45, 7) is 10.5. The highest BCUT2D eigenvalue weighted by Gasteiger charge is 2.26. The maximum Gasteiger partial charge on any atom is 0.116 e. The number of rotatable bonds is 8. The SMILES string of the molecule is CC(C)c1nc(-c2cnc3ccn(C(C)c4ccccn4)c3c2)cn1C1=C=C(N2CCN(CCF)CC2)C1. The van der Waals surface area contributed by atoms with Crippen molar-refractivity contribution in [3.05, 3.63) is 78.1 Å². The molecule has 1 unspecified atom stereocenters. The quantitative estimate of drug-likeness (QED) is 0.299. The van der Waals surface area contributed by atoms with Crippen LogP contribution in [-0.2, 0) is 0 Å². The van der Waals surface area contributed by atoms with Crippen molar-refractivity contribution in [2.45, 2.75) is 39.2 Å². The summed E-state index contributed by atoms with van der Waals surface area (Å²) in [4.78, 5) is 18.9. The lowest BCUT2D eigenvalue weighted by molar-refractivity contribution is 0.148. The summed E-state index contributed by atoms with van der Waals surface area (Å²) in [6.07, 6.45) is 8.85. The second-order valence-corrected chi connectivity index (χ2v) is 10.5. The number of halogens is 1. The van der Waals surface area contributed by atoms with Crippen LogP contribution in [0.25, 0.3) is 28.0 Å². The van der Waals surface area contributed by atoms with Crippen LogP contribution in [-0.4, -0.2) is 73.3 Å². The van der Waals surface area contributed by atoms with Crippen LogP contribution in [0.15, 0.2) is 66.5 Å². The van der Waals surface area contributed by atoms with Gasteiger partial charge in [0, 0.05) is 75.4 Å². The maximum absolute atomic E-state index is 12.7. The number of hydrogen-bond donors (Lipinski definition) is 0. The molecule has 0 aromatic carbocycles. The van der Waals surface area contributed by atoms with Crippen LogP contribution < -0.4 is 0 Å². The minimum Gasteiger partial charge on any atom is -0.366 e. The van der Waals surface area contributed by atoms with Crippen molar-refractivity contribution in [3.63, 3.8) is 0 Å². The molecular formula is C30H34FN7. The normalized spacial score (nSPS) is 17.0. The van der Waals surface area contributed by atoms with E-state index in [0.29, 0.717) is 6.54 Å². The highest BCUT2D eigenvalue weighted by molar-refractivity contribution is 5.81. The number of hydrogen-bond acceptors (Lipinski definition) is 5. The fourth-order valence-corrected chi connectivity index (χ4v) is 5.43. The second kappa shape index (κ2) is 10.2. The molecule has 0 amide bonds. The molecule has 7 nitrogen and oxygen atoms in total. The van der Waals surface area contributed by atoms with Gasteiger partial charge in [-0.25, -0.2) is 9.37 Å². The molecule has 4 aromatic heterocycles. The smallest absolute Gasteiger partial charge is 0.116 e. The fraction of sp³-hybridized carbons (Fsp3) is 0.400. The lowest BCUT2D eigenvalue weighted by Crippen LogP contribution is -2.46. The number of alkyl halides is 1. The first-order valence-electron chi connectivity index (χ1n) is 13.5. The summed E-state index contributed by atoms with van der Waals surface area (Å²) in [7, 11) is 0. The molecule has 196 valence electrons. The Bertz CT molecular complexity index is 1500. The summed E-state index contributed by atoms with van der Waals surface area (Å²) >= 11 is 0. The van der Waals surface area contributed by atoms with Crippen molar-refractivity contribution >= 4 is 16.7 Å². The van der Waals surface area contributed by atoms with E-state index in [0.717, 1.165) is 72.1 Å². The Morgan fingerprint density at radius 3 is 2.55 bits per heavy atom. The minimum absolute atomic E-state index is 0.0945. The third-order valence-corrected chi connectivity index (χ3v) is 7.72. The van der Waals surface area contributed by atoms with Crippen LogP contribution in [0.5, 0.6) is 0 Å². The predicted molar refractivity (Wildman–Crippen MR) is 148 cm³/mol. The summed E-state index contributed by atoms with van der Waals surface area (Å²) in [5.41, 5.74) is 11.0. The van der Waals surface area contributed by atoms with Gasteiger partial charge in [-0.15, -0.1) is 0 Å². The van der Waals surface area contributed by atoms with Crippen LogP contribution in [0.3, 0.4) is 0 Å². The number of nitrogens with zero attached hydrogens (tertiary/aromatic N) is 7. The average Bonchev–Trinajstić information content (AvgIpc) is 3.54. The Hall–Kier alpha value is -3.74. The van der Waals surface area contributed by atoms with E-state index in [9.17, 15) is 4.39 Å². The molecular weight excluding hydrogens is 477 g/mol. The zero-order valence-electron chi connectivity index (χ0n) is 22.3. The summed E-state index contributed by atoms with van der Waals surface area (Å²) in [5, 5.41) is 0. The van der Waals surface area contributed by atoms with Crippen molar-refractivity contribution in [1.29, 1.82) is 0 Å². The molecule has 1 aliphatic carbocycles. The van der Waals surface area contributed by atoms with Crippen LogP contribution in [0.4, 0.5) is 4.39 Å². The molecule has 5 heterocycles. The summed E-state index contributed by atoms with van der Waals surface area (Å²) in [5.74, 6) is 1.31. The first-order chi connectivity index (χ1) is 18.5. The molecule has 1 fully saturated rings. The Balaban J connectivity index is 1.30. The van der Waals surface area contributed by atoms with Crippen LogP contribution in [0.1, 0.15) is 50.7 Å². The van der Waals surface area contributed by atoms with Gasteiger partial charge in [0.25, 0.3) is 0 Å². The first kappa shape index (κ1) is 24.6. The number of aromatic nitrogens is 5. The molecule has 6 rings (SSSR count). The Labute approximate surface area is 222 Å². The Kier molecular flexibility index (Phi) is 6.60. The van der Waals surface area contributed by atoms with Crippen molar-refractivity contribution < 1.29 is 4.39 Å². The lowest BCUT2D eigenvalue weighted by Gasteiger charge is -2.38. The molecule has 0 saturated carbocycles. The topological polar surface area (TPSA) is 55.0 Å². The molecule has 38 heavy (non-hydrogen) atoms. The molecule has 1 saturated heterocycles. The van der Waals surface area contributed by atoms with Gasteiger partial charge in [-0.3, -0.25) is 19.4 Å². The van der Waals surface area contributed by atoms with Gasteiger partial charge in [0.05, 0.1) is 39.9 Å². The Morgan fingerprint density at radius 2 is 1.84 bits per heavy atom. The van der Waals surface area contributed by atoms with E-state index < -0.39 is 0 Å². The highest BCUT2D eigenvalue weighted by Crippen LogP contribution is 2.33. The average molecular weight is 512 g/mol. The molecule has 0 spiro atoms. The van der Waals surface area contributed by atoms with Gasteiger partial charge in [0.2, 0.25) is 0 Å². The summed E-state index contributed by atoms with van der Waals surface area (Å²) in [6, 6.07) is 10.4. The van der Waals surface area contributed by atoms with Gasteiger partial charge in [0.15, 0.2) is 0 Å². The van der Waals surface area contributed by atoms with E-state index in [4.69, 9.17) is 9.97 Å². The molecule has 0 radical (unpaired) electrons. The van der Waals surface area contributed by atoms with E-state index >= 15 is 0 Å². The van der Waals surface area contributed by atoms with E-state index in [-0.39, 0.29) is 18.6 Å². The highest BCUT2D eigenvalue weighted by atomic mass is 19.1. The number of piperazine rings is 1. The number of imidazole rings is 1. The fourth-order valence-electron chi connectivity index (χ4n) is 5.43. The van der Waals surface area contributed by atoms with Gasteiger partial charge in [-0.2, -0.15) is 0 Å². The zero-order chi connectivity index (χ0) is 26.2. The summed E-state index contributed by atoms with van der Waals surface area (Å²) < 4.78 is 17.1. The molecule has 2 aliphatic rings. The Morgan fingerprint density at radius 1 is 1.03 bits per heavy atom. The van der Waals surface area contributed by atoms with Crippen molar-refractivity contribution in [3.8, 4) is 11.3 Å². The number of pyridine rings is 2. The van der Waals surface area contributed by atoms with Crippen LogP contribution >= 0.6 is 0 Å². The van der Waals surface area contributed by atoms with Gasteiger partial charge < -0.3 is 9.47 Å². The van der Waals surface area contributed by atoms with Gasteiger partial charge in [-0.05, 0) is 31.2 Å². The third-order valence-electron chi connectivity index (χ3n) is 7.72. The van der Waals surface area contributed by atoms with E-state index in [1.54, 1.807) is 0 Å².